The first-order valence-corrected chi connectivity index (χ1v) is 8.57. The molecule has 3 rings (SSSR count). The van der Waals surface area contributed by atoms with Crippen LogP contribution in [-0.4, -0.2) is 46.6 Å². The highest BCUT2D eigenvalue weighted by atomic mass is 79.9. The molecular weight excluding hydrogens is 398 g/mol. The SMILES string of the molecule is O=C(COc1ccc(Cl)cc1)N1CC[C@@H](Oc2ncc(Br)cn2)C1. The van der Waals surface area contributed by atoms with Gasteiger partial charge in [0.05, 0.1) is 11.0 Å². The Bertz CT molecular complexity index is 697. The minimum absolute atomic E-state index is 0.0108. The molecule has 0 unspecified atom stereocenters. The molecule has 1 aromatic heterocycles. The molecule has 6 nitrogen and oxygen atoms in total. The highest BCUT2D eigenvalue weighted by Crippen LogP contribution is 2.18. The molecule has 1 atom stereocenters. The van der Waals surface area contributed by atoms with Crippen LogP contribution in [-0.2, 0) is 4.79 Å². The number of nitrogens with zero attached hydrogens (tertiary/aromatic N) is 3. The fourth-order valence-electron chi connectivity index (χ4n) is 2.33. The lowest BCUT2D eigenvalue weighted by molar-refractivity contribution is -0.132. The van der Waals surface area contributed by atoms with Crippen LogP contribution in [0.5, 0.6) is 11.8 Å². The molecule has 0 aliphatic carbocycles. The highest BCUT2D eigenvalue weighted by Gasteiger charge is 2.28. The van der Waals surface area contributed by atoms with Gasteiger partial charge in [-0.3, -0.25) is 4.79 Å². The van der Waals surface area contributed by atoms with Gasteiger partial charge >= 0.3 is 6.01 Å². The van der Waals surface area contributed by atoms with Crippen LogP contribution in [0, 0.1) is 0 Å². The lowest BCUT2D eigenvalue weighted by Crippen LogP contribution is -2.34. The Kier molecular flexibility index (Phi) is 5.52. The fraction of sp³-hybridized carbons (Fsp3) is 0.312. The van der Waals surface area contributed by atoms with Crippen LogP contribution in [0.2, 0.25) is 5.02 Å². The van der Waals surface area contributed by atoms with Crippen LogP contribution in [0.3, 0.4) is 0 Å². The molecule has 2 heterocycles. The highest BCUT2D eigenvalue weighted by molar-refractivity contribution is 9.10. The third-order valence-electron chi connectivity index (χ3n) is 3.54. The van der Waals surface area contributed by atoms with Crippen LogP contribution < -0.4 is 9.47 Å². The molecule has 1 aliphatic rings. The summed E-state index contributed by atoms with van der Waals surface area (Å²) in [6.45, 7) is 1.12. The molecule has 24 heavy (non-hydrogen) atoms. The van der Waals surface area contributed by atoms with E-state index in [4.69, 9.17) is 21.1 Å². The van der Waals surface area contributed by atoms with Gasteiger partial charge in [-0.05, 0) is 40.2 Å². The van der Waals surface area contributed by atoms with Crippen molar-refractivity contribution in [2.75, 3.05) is 19.7 Å². The number of likely N-dealkylation sites (tertiary alicyclic amines) is 1. The maximum atomic E-state index is 12.2. The summed E-state index contributed by atoms with van der Waals surface area (Å²) in [5, 5.41) is 0.628. The van der Waals surface area contributed by atoms with Crippen molar-refractivity contribution in [2.45, 2.75) is 12.5 Å². The first-order valence-electron chi connectivity index (χ1n) is 7.40. The van der Waals surface area contributed by atoms with Crippen molar-refractivity contribution in [3.05, 3.63) is 46.2 Å². The van der Waals surface area contributed by atoms with E-state index in [0.717, 1.165) is 10.9 Å². The monoisotopic (exact) mass is 411 g/mol. The fourth-order valence-corrected chi connectivity index (χ4v) is 2.66. The van der Waals surface area contributed by atoms with E-state index < -0.39 is 0 Å². The predicted molar refractivity (Wildman–Crippen MR) is 92.3 cm³/mol. The van der Waals surface area contributed by atoms with Crippen LogP contribution in [0.1, 0.15) is 6.42 Å². The topological polar surface area (TPSA) is 64.5 Å². The molecule has 0 N–H and O–H groups in total. The number of rotatable bonds is 5. The van der Waals surface area contributed by atoms with Gasteiger partial charge in [0.25, 0.3) is 5.91 Å². The Morgan fingerprint density at radius 2 is 2.00 bits per heavy atom. The summed E-state index contributed by atoms with van der Waals surface area (Å²) in [6, 6.07) is 7.22. The lowest BCUT2D eigenvalue weighted by atomic mass is 10.3. The van der Waals surface area contributed by atoms with Gasteiger partial charge in [-0.25, -0.2) is 9.97 Å². The maximum absolute atomic E-state index is 12.2. The average molecular weight is 413 g/mol. The Morgan fingerprint density at radius 1 is 1.29 bits per heavy atom. The van der Waals surface area contributed by atoms with Crippen molar-refractivity contribution in [3.8, 4) is 11.8 Å². The van der Waals surface area contributed by atoms with Gasteiger partial charge in [0.1, 0.15) is 11.9 Å². The molecule has 1 saturated heterocycles. The van der Waals surface area contributed by atoms with Gasteiger partial charge in [-0.15, -0.1) is 0 Å². The summed E-state index contributed by atoms with van der Waals surface area (Å²) in [5.41, 5.74) is 0. The van der Waals surface area contributed by atoms with Gasteiger partial charge in [0, 0.05) is 30.4 Å². The van der Waals surface area contributed by atoms with Crippen molar-refractivity contribution in [1.29, 1.82) is 0 Å². The minimum atomic E-state index is -0.106. The normalized spacial score (nSPS) is 16.9. The van der Waals surface area contributed by atoms with E-state index in [-0.39, 0.29) is 18.6 Å². The molecule has 0 saturated carbocycles. The number of carbonyl (C=O) groups excluding carboxylic acids is 1. The molecule has 126 valence electrons. The number of hydrogen-bond donors (Lipinski definition) is 0. The second kappa shape index (κ2) is 7.81. The lowest BCUT2D eigenvalue weighted by Gasteiger charge is -2.17. The number of halogens is 2. The molecule has 1 aliphatic heterocycles. The van der Waals surface area contributed by atoms with Gasteiger partial charge in [0.15, 0.2) is 6.61 Å². The van der Waals surface area contributed by atoms with Gasteiger partial charge in [-0.2, -0.15) is 0 Å². The summed E-state index contributed by atoms with van der Waals surface area (Å²) in [5.74, 6) is 0.538. The minimum Gasteiger partial charge on any atom is -0.484 e. The predicted octanol–water partition coefficient (Wildman–Crippen LogP) is 2.95. The van der Waals surface area contributed by atoms with E-state index in [2.05, 4.69) is 25.9 Å². The second-order valence-electron chi connectivity index (χ2n) is 5.29. The van der Waals surface area contributed by atoms with E-state index in [0.29, 0.717) is 29.9 Å². The summed E-state index contributed by atoms with van der Waals surface area (Å²) >= 11 is 9.08. The summed E-state index contributed by atoms with van der Waals surface area (Å²) in [7, 11) is 0. The first kappa shape index (κ1) is 17.0. The van der Waals surface area contributed by atoms with E-state index in [9.17, 15) is 4.79 Å². The van der Waals surface area contributed by atoms with Crippen molar-refractivity contribution in [3.63, 3.8) is 0 Å². The van der Waals surface area contributed by atoms with E-state index >= 15 is 0 Å². The number of ether oxygens (including phenoxy) is 2. The second-order valence-corrected chi connectivity index (χ2v) is 6.65. The van der Waals surface area contributed by atoms with E-state index in [1.807, 2.05) is 0 Å². The maximum Gasteiger partial charge on any atom is 0.316 e. The molecule has 8 heteroatoms. The first-order chi connectivity index (χ1) is 11.6. The molecule has 2 aromatic rings. The molecule has 1 aromatic carbocycles. The summed E-state index contributed by atoms with van der Waals surface area (Å²) in [6.07, 6.45) is 3.89. The number of benzene rings is 1. The van der Waals surface area contributed by atoms with Crippen molar-refractivity contribution in [2.24, 2.45) is 0 Å². The zero-order valence-corrected chi connectivity index (χ0v) is 15.0. The summed E-state index contributed by atoms with van der Waals surface area (Å²) in [4.78, 5) is 22.1. The third kappa shape index (κ3) is 4.58. The van der Waals surface area contributed by atoms with Crippen molar-refractivity contribution < 1.29 is 14.3 Å². The third-order valence-corrected chi connectivity index (χ3v) is 4.20. The largest absolute Gasteiger partial charge is 0.484 e. The summed E-state index contributed by atoms with van der Waals surface area (Å²) < 4.78 is 12.0. The molecule has 1 amide bonds. The average Bonchev–Trinajstić information content (AvgIpc) is 3.05. The van der Waals surface area contributed by atoms with Gasteiger partial charge in [-0.1, -0.05) is 11.6 Å². The molecular formula is C16H15BrClN3O3. The Labute approximate surface area is 152 Å². The Balaban J connectivity index is 1.46. The van der Waals surface area contributed by atoms with Crippen molar-refractivity contribution >= 4 is 33.4 Å². The van der Waals surface area contributed by atoms with Crippen LogP contribution >= 0.6 is 27.5 Å². The van der Waals surface area contributed by atoms with Crippen LogP contribution in [0.15, 0.2) is 41.1 Å². The van der Waals surface area contributed by atoms with E-state index in [1.54, 1.807) is 41.6 Å². The smallest absolute Gasteiger partial charge is 0.316 e. The molecule has 1 fully saturated rings. The van der Waals surface area contributed by atoms with E-state index in [1.165, 1.54) is 0 Å². The molecule has 0 bridgehead atoms. The number of aromatic nitrogens is 2. The van der Waals surface area contributed by atoms with Gasteiger partial charge < -0.3 is 14.4 Å². The standard InChI is InChI=1S/C16H15BrClN3O3/c17-11-7-19-16(20-8-11)24-14-5-6-21(9-14)15(22)10-23-13-3-1-12(18)2-4-13/h1-4,7-8,14H,5-6,9-10H2/t14-/m1/s1. The number of amides is 1. The Hall–Kier alpha value is -1.86. The van der Waals surface area contributed by atoms with Crippen molar-refractivity contribution in [1.82, 2.24) is 14.9 Å². The van der Waals surface area contributed by atoms with Crippen LogP contribution in [0.4, 0.5) is 0 Å². The molecule has 0 spiro atoms. The zero-order valence-electron chi connectivity index (χ0n) is 12.7. The van der Waals surface area contributed by atoms with Gasteiger partial charge in [0.2, 0.25) is 0 Å². The zero-order chi connectivity index (χ0) is 16.9. The quantitative estimate of drug-likeness (QED) is 0.755. The molecule has 0 radical (unpaired) electrons. The Morgan fingerprint density at radius 3 is 2.71 bits per heavy atom. The number of carbonyl (C=O) groups is 1. The van der Waals surface area contributed by atoms with Crippen LogP contribution in [0.25, 0.3) is 0 Å². The number of hydrogen-bond acceptors (Lipinski definition) is 5.